The van der Waals surface area contributed by atoms with Crippen LogP contribution in [0.3, 0.4) is 0 Å². The largest absolute Gasteiger partial charge is 0.340 e. The Labute approximate surface area is 173 Å². The standard InChI is InChI=1S/C21H26N6O3/c1-4-25-10-12-26(13-11-25)20-22-18-17(19(29)24(3)21(30)23(18)2)27(20)14-16(28)15-8-6-5-7-9-15/h5-9H,4,10-14H2,1-3H3. The zero-order chi connectivity index (χ0) is 21.4. The first-order valence-electron chi connectivity index (χ1n) is 10.1. The van der Waals surface area contributed by atoms with Crippen molar-refractivity contribution in [3.05, 3.63) is 56.7 Å². The second-order valence-electron chi connectivity index (χ2n) is 7.59. The van der Waals surface area contributed by atoms with Crippen molar-refractivity contribution in [2.24, 2.45) is 14.1 Å². The number of piperazine rings is 1. The maximum Gasteiger partial charge on any atom is 0.332 e. The van der Waals surface area contributed by atoms with Crippen LogP contribution in [0.15, 0.2) is 39.9 Å². The Morgan fingerprint density at radius 2 is 1.67 bits per heavy atom. The second kappa shape index (κ2) is 7.91. The highest BCUT2D eigenvalue weighted by Crippen LogP contribution is 2.22. The zero-order valence-corrected chi connectivity index (χ0v) is 17.5. The maximum absolute atomic E-state index is 13.0. The number of aromatic nitrogens is 4. The van der Waals surface area contributed by atoms with Crippen LogP contribution < -0.4 is 16.1 Å². The number of fused-ring (bicyclic) bond motifs is 1. The normalized spacial score (nSPS) is 15.1. The van der Waals surface area contributed by atoms with E-state index in [1.54, 1.807) is 23.7 Å². The van der Waals surface area contributed by atoms with Gasteiger partial charge in [0, 0.05) is 45.8 Å². The van der Waals surface area contributed by atoms with Gasteiger partial charge >= 0.3 is 5.69 Å². The summed E-state index contributed by atoms with van der Waals surface area (Å²) in [6.45, 7) is 6.33. The smallest absolute Gasteiger partial charge is 0.332 e. The van der Waals surface area contributed by atoms with Crippen molar-refractivity contribution in [3.63, 3.8) is 0 Å². The van der Waals surface area contributed by atoms with Crippen LogP contribution in [0.5, 0.6) is 0 Å². The molecule has 3 heterocycles. The molecule has 1 fully saturated rings. The predicted molar refractivity (Wildman–Crippen MR) is 115 cm³/mol. The van der Waals surface area contributed by atoms with E-state index in [1.165, 1.54) is 11.6 Å². The minimum Gasteiger partial charge on any atom is -0.340 e. The number of Topliss-reactive ketones (excluding diaryl/α,β-unsaturated/α-hetero) is 1. The molecule has 0 atom stereocenters. The van der Waals surface area contributed by atoms with Crippen molar-refractivity contribution in [3.8, 4) is 0 Å². The Balaban J connectivity index is 1.86. The molecule has 1 aliphatic rings. The molecule has 0 N–H and O–H groups in total. The highest BCUT2D eigenvalue weighted by Gasteiger charge is 2.26. The van der Waals surface area contributed by atoms with Crippen molar-refractivity contribution in [1.82, 2.24) is 23.6 Å². The van der Waals surface area contributed by atoms with E-state index < -0.39 is 11.2 Å². The lowest BCUT2D eigenvalue weighted by atomic mass is 10.1. The molecule has 0 saturated carbocycles. The number of benzene rings is 1. The van der Waals surface area contributed by atoms with Gasteiger partial charge in [0.25, 0.3) is 5.56 Å². The third-order valence-corrected chi connectivity index (χ3v) is 5.83. The molecule has 4 rings (SSSR count). The van der Waals surface area contributed by atoms with Gasteiger partial charge in [-0.3, -0.25) is 23.3 Å². The number of carbonyl (C=O) groups excluding carboxylic acids is 1. The molecule has 30 heavy (non-hydrogen) atoms. The Hall–Kier alpha value is -3.20. The highest BCUT2D eigenvalue weighted by molar-refractivity contribution is 5.96. The lowest BCUT2D eigenvalue weighted by Crippen LogP contribution is -2.47. The molecule has 0 spiro atoms. The summed E-state index contributed by atoms with van der Waals surface area (Å²) >= 11 is 0. The van der Waals surface area contributed by atoms with E-state index in [0.717, 1.165) is 37.3 Å². The summed E-state index contributed by atoms with van der Waals surface area (Å²) in [5.41, 5.74) is 0.269. The fourth-order valence-corrected chi connectivity index (χ4v) is 3.95. The third-order valence-electron chi connectivity index (χ3n) is 5.83. The molecule has 0 aliphatic carbocycles. The Kier molecular flexibility index (Phi) is 5.29. The Morgan fingerprint density at radius 3 is 2.30 bits per heavy atom. The van der Waals surface area contributed by atoms with Crippen molar-refractivity contribution in [1.29, 1.82) is 0 Å². The molecule has 1 saturated heterocycles. The van der Waals surface area contributed by atoms with Crippen LogP contribution in [0, 0.1) is 0 Å². The molecule has 0 radical (unpaired) electrons. The van der Waals surface area contributed by atoms with Crippen molar-refractivity contribution in [2.45, 2.75) is 13.5 Å². The predicted octanol–water partition coefficient (Wildman–Crippen LogP) is 0.459. The number of aryl methyl sites for hydroxylation is 1. The van der Waals surface area contributed by atoms with E-state index in [2.05, 4.69) is 21.7 Å². The lowest BCUT2D eigenvalue weighted by molar-refractivity contribution is 0.0973. The maximum atomic E-state index is 13.0. The first-order valence-corrected chi connectivity index (χ1v) is 10.1. The topological polar surface area (TPSA) is 85.4 Å². The summed E-state index contributed by atoms with van der Waals surface area (Å²) in [6, 6.07) is 9.00. The molecule has 2 aromatic heterocycles. The molecule has 0 amide bonds. The van der Waals surface area contributed by atoms with E-state index in [-0.39, 0.29) is 17.8 Å². The molecule has 9 heteroatoms. The second-order valence-corrected chi connectivity index (χ2v) is 7.59. The van der Waals surface area contributed by atoms with Gasteiger partial charge in [-0.15, -0.1) is 0 Å². The molecule has 1 aliphatic heterocycles. The SMILES string of the molecule is CCN1CCN(c2nc3c(c(=O)n(C)c(=O)n3C)n2CC(=O)c2ccccc2)CC1. The molecule has 9 nitrogen and oxygen atoms in total. The van der Waals surface area contributed by atoms with Crippen LogP contribution in [-0.4, -0.2) is 62.1 Å². The van der Waals surface area contributed by atoms with Crippen LogP contribution in [0.25, 0.3) is 11.2 Å². The lowest BCUT2D eigenvalue weighted by Gasteiger charge is -2.34. The molecule has 1 aromatic carbocycles. The zero-order valence-electron chi connectivity index (χ0n) is 17.5. The number of ketones is 1. The van der Waals surface area contributed by atoms with Gasteiger partial charge in [-0.2, -0.15) is 4.98 Å². The van der Waals surface area contributed by atoms with E-state index in [1.807, 2.05) is 18.2 Å². The van der Waals surface area contributed by atoms with Gasteiger partial charge in [-0.05, 0) is 6.54 Å². The van der Waals surface area contributed by atoms with E-state index >= 15 is 0 Å². The number of imidazole rings is 1. The minimum atomic E-state index is -0.445. The van der Waals surface area contributed by atoms with Crippen LogP contribution >= 0.6 is 0 Å². The number of hydrogen-bond acceptors (Lipinski definition) is 6. The van der Waals surface area contributed by atoms with E-state index in [4.69, 9.17) is 0 Å². The number of anilines is 1. The summed E-state index contributed by atoms with van der Waals surface area (Å²) in [7, 11) is 3.04. The quantitative estimate of drug-likeness (QED) is 0.568. The van der Waals surface area contributed by atoms with Gasteiger partial charge in [-0.25, -0.2) is 4.79 Å². The first-order chi connectivity index (χ1) is 14.4. The molecule has 158 valence electrons. The summed E-state index contributed by atoms with van der Waals surface area (Å²) in [5.74, 6) is 0.447. The monoisotopic (exact) mass is 410 g/mol. The molecule has 0 unspecified atom stereocenters. The van der Waals surface area contributed by atoms with Crippen LogP contribution in [0.1, 0.15) is 17.3 Å². The number of nitrogens with zero attached hydrogens (tertiary/aromatic N) is 6. The summed E-state index contributed by atoms with van der Waals surface area (Å²) in [5, 5.41) is 0. The number of rotatable bonds is 5. The summed E-state index contributed by atoms with van der Waals surface area (Å²) in [4.78, 5) is 47.5. The number of likely N-dealkylation sites (N-methyl/N-ethyl adjacent to an activating group) is 1. The fourth-order valence-electron chi connectivity index (χ4n) is 3.95. The van der Waals surface area contributed by atoms with Crippen LogP contribution in [0.4, 0.5) is 5.95 Å². The van der Waals surface area contributed by atoms with Gasteiger partial charge < -0.3 is 9.80 Å². The molecule has 3 aromatic rings. The summed E-state index contributed by atoms with van der Waals surface area (Å²) < 4.78 is 4.10. The fraction of sp³-hybridized carbons (Fsp3) is 0.429. The van der Waals surface area contributed by atoms with Gasteiger partial charge in [-0.1, -0.05) is 37.3 Å². The van der Waals surface area contributed by atoms with E-state index in [0.29, 0.717) is 17.2 Å². The molecule has 0 bridgehead atoms. The van der Waals surface area contributed by atoms with Crippen molar-refractivity contribution in [2.75, 3.05) is 37.6 Å². The van der Waals surface area contributed by atoms with Crippen LogP contribution in [0.2, 0.25) is 0 Å². The highest BCUT2D eigenvalue weighted by atomic mass is 16.2. The Bertz CT molecular complexity index is 1200. The van der Waals surface area contributed by atoms with Crippen molar-refractivity contribution < 1.29 is 4.79 Å². The van der Waals surface area contributed by atoms with Gasteiger partial charge in [0.15, 0.2) is 16.9 Å². The van der Waals surface area contributed by atoms with Crippen molar-refractivity contribution >= 4 is 22.9 Å². The Morgan fingerprint density at radius 1 is 1.00 bits per heavy atom. The first kappa shape index (κ1) is 20.1. The van der Waals surface area contributed by atoms with Crippen LogP contribution in [-0.2, 0) is 20.6 Å². The number of hydrogen-bond donors (Lipinski definition) is 0. The third kappa shape index (κ3) is 3.35. The van der Waals surface area contributed by atoms with Gasteiger partial charge in [0.1, 0.15) is 0 Å². The average Bonchev–Trinajstić information content (AvgIpc) is 3.16. The van der Waals surface area contributed by atoms with Gasteiger partial charge in [0.2, 0.25) is 5.95 Å². The average molecular weight is 410 g/mol. The summed E-state index contributed by atoms with van der Waals surface area (Å²) in [6.07, 6.45) is 0. The minimum absolute atomic E-state index is 0.0166. The molecular formula is C21H26N6O3. The number of carbonyl (C=O) groups is 1. The van der Waals surface area contributed by atoms with E-state index in [9.17, 15) is 14.4 Å². The van der Waals surface area contributed by atoms with Gasteiger partial charge in [0.05, 0.1) is 6.54 Å². The molecular weight excluding hydrogens is 384 g/mol.